The molecular weight excluding hydrogens is 368 g/mol. The molecule has 1 aromatic carbocycles. The van der Waals surface area contributed by atoms with Gasteiger partial charge >= 0.3 is 7.12 Å². The van der Waals surface area contributed by atoms with Crippen molar-refractivity contribution >= 4 is 24.6 Å². The van der Waals surface area contributed by atoms with Crippen LogP contribution < -0.4 is 10.5 Å². The predicted octanol–water partition coefficient (Wildman–Crippen LogP) is 3.32. The van der Waals surface area contributed by atoms with Gasteiger partial charge in [0.05, 0.1) is 30.3 Å². The van der Waals surface area contributed by atoms with Crippen molar-refractivity contribution < 1.29 is 23.6 Å². The zero-order valence-electron chi connectivity index (χ0n) is 16.7. The molecule has 1 heterocycles. The van der Waals surface area contributed by atoms with Gasteiger partial charge in [-0.15, -0.1) is 0 Å². The van der Waals surface area contributed by atoms with Crippen LogP contribution in [0.5, 0.6) is 5.75 Å². The number of methoxy groups -OCH3 is 1. The van der Waals surface area contributed by atoms with E-state index < -0.39 is 30.1 Å². The van der Waals surface area contributed by atoms with Crippen LogP contribution in [0.25, 0.3) is 0 Å². The molecular formula is C19H29BClNO5. The Morgan fingerprint density at radius 1 is 1.19 bits per heavy atom. The fourth-order valence-electron chi connectivity index (χ4n) is 3.03. The van der Waals surface area contributed by atoms with Crippen molar-refractivity contribution in [1.82, 2.24) is 0 Å². The molecule has 1 saturated heterocycles. The number of amides is 1. The Hall–Kier alpha value is -1.28. The van der Waals surface area contributed by atoms with E-state index in [1.54, 1.807) is 31.4 Å². The van der Waals surface area contributed by atoms with Gasteiger partial charge in [0.15, 0.2) is 0 Å². The van der Waals surface area contributed by atoms with Crippen LogP contribution in [-0.2, 0) is 18.8 Å². The number of ether oxygens (including phenoxy) is 2. The topological polar surface area (TPSA) is 80.0 Å². The first-order valence-corrected chi connectivity index (χ1v) is 9.47. The molecule has 1 fully saturated rings. The Labute approximate surface area is 166 Å². The van der Waals surface area contributed by atoms with Crippen LogP contribution in [0.15, 0.2) is 24.3 Å². The van der Waals surface area contributed by atoms with Crippen molar-refractivity contribution in [3.63, 3.8) is 0 Å². The second-order valence-corrected chi connectivity index (χ2v) is 8.28. The Morgan fingerprint density at radius 3 is 2.22 bits per heavy atom. The van der Waals surface area contributed by atoms with E-state index in [1.807, 2.05) is 27.7 Å². The van der Waals surface area contributed by atoms with Crippen LogP contribution in [0.1, 0.15) is 34.1 Å². The van der Waals surface area contributed by atoms with E-state index in [1.165, 1.54) is 0 Å². The minimum Gasteiger partial charge on any atom is -0.494 e. The summed E-state index contributed by atoms with van der Waals surface area (Å²) in [5, 5.41) is 0.645. The SMILES string of the molecule is COCC(C(N)=O)[C@@H](CCOc1ccc(Cl)cc1)B1OC(C)(C)C(C)(C)O1. The summed E-state index contributed by atoms with van der Waals surface area (Å²) in [6, 6.07) is 7.12. The molecule has 0 radical (unpaired) electrons. The summed E-state index contributed by atoms with van der Waals surface area (Å²) in [6.45, 7) is 8.48. The third kappa shape index (κ3) is 5.38. The van der Waals surface area contributed by atoms with Gasteiger partial charge in [-0.25, -0.2) is 0 Å². The van der Waals surface area contributed by atoms with E-state index in [0.29, 0.717) is 23.8 Å². The highest BCUT2D eigenvalue weighted by Crippen LogP contribution is 2.43. The molecule has 0 aliphatic carbocycles. The van der Waals surface area contributed by atoms with E-state index in [0.717, 1.165) is 0 Å². The average molecular weight is 398 g/mol. The first-order valence-electron chi connectivity index (χ1n) is 9.09. The second-order valence-electron chi connectivity index (χ2n) is 7.84. The first kappa shape index (κ1) is 22.0. The molecule has 1 unspecified atom stereocenters. The number of nitrogens with two attached hydrogens (primary N) is 1. The Morgan fingerprint density at radius 2 is 1.74 bits per heavy atom. The summed E-state index contributed by atoms with van der Waals surface area (Å²) in [5.41, 5.74) is 4.64. The van der Waals surface area contributed by atoms with Crippen LogP contribution in [0.3, 0.4) is 0 Å². The normalized spacial score (nSPS) is 20.3. The number of carbonyl (C=O) groups excluding carboxylic acids is 1. The van der Waals surface area contributed by atoms with Gasteiger partial charge in [-0.3, -0.25) is 4.79 Å². The van der Waals surface area contributed by atoms with E-state index in [-0.39, 0.29) is 12.4 Å². The summed E-state index contributed by atoms with van der Waals surface area (Å²) in [5.74, 6) is -0.577. The molecule has 0 saturated carbocycles. The van der Waals surface area contributed by atoms with Crippen molar-refractivity contribution in [3.8, 4) is 5.75 Å². The van der Waals surface area contributed by atoms with Crippen LogP contribution in [0.2, 0.25) is 10.8 Å². The van der Waals surface area contributed by atoms with Crippen molar-refractivity contribution in [3.05, 3.63) is 29.3 Å². The van der Waals surface area contributed by atoms with E-state index in [9.17, 15) is 4.79 Å². The summed E-state index contributed by atoms with van der Waals surface area (Å²) in [7, 11) is 0.970. The smallest absolute Gasteiger partial charge is 0.462 e. The fraction of sp³-hybridized carbons (Fsp3) is 0.632. The molecule has 2 rings (SSSR count). The zero-order valence-corrected chi connectivity index (χ0v) is 17.4. The van der Waals surface area contributed by atoms with Gasteiger partial charge in [0, 0.05) is 17.9 Å². The molecule has 2 N–H and O–H groups in total. The molecule has 1 aliphatic rings. The molecule has 6 nitrogen and oxygen atoms in total. The van der Waals surface area contributed by atoms with E-state index in [2.05, 4.69) is 0 Å². The van der Waals surface area contributed by atoms with Crippen LogP contribution in [0.4, 0.5) is 0 Å². The first-order chi connectivity index (χ1) is 12.6. The highest BCUT2D eigenvalue weighted by Gasteiger charge is 2.55. The molecule has 150 valence electrons. The summed E-state index contributed by atoms with van der Waals surface area (Å²) in [4.78, 5) is 12.1. The molecule has 0 aromatic heterocycles. The number of benzene rings is 1. The molecule has 2 atom stereocenters. The maximum atomic E-state index is 12.1. The monoisotopic (exact) mass is 397 g/mol. The third-order valence-corrected chi connectivity index (χ3v) is 5.64. The van der Waals surface area contributed by atoms with E-state index >= 15 is 0 Å². The number of rotatable bonds is 9. The number of carbonyl (C=O) groups is 1. The molecule has 1 aromatic rings. The Balaban J connectivity index is 2.12. The highest BCUT2D eigenvalue weighted by molar-refractivity contribution is 6.48. The van der Waals surface area contributed by atoms with Gasteiger partial charge < -0.3 is 24.5 Å². The lowest BCUT2D eigenvalue weighted by Gasteiger charge is -2.32. The number of primary amides is 1. The highest BCUT2D eigenvalue weighted by atomic mass is 35.5. The largest absolute Gasteiger partial charge is 0.494 e. The fourth-order valence-corrected chi connectivity index (χ4v) is 3.16. The van der Waals surface area contributed by atoms with Crippen molar-refractivity contribution in [2.75, 3.05) is 20.3 Å². The standard InChI is InChI=1S/C19H29BClNO5/c1-18(2)19(3,4)27-20(26-18)16(15(12-24-5)17(22)23)10-11-25-14-8-6-13(21)7-9-14/h6-9,15-16H,10-12H2,1-5H3,(H2,22,23)/t15?,16-/m1/s1. The summed E-state index contributed by atoms with van der Waals surface area (Å²) in [6.07, 6.45) is 0.524. The van der Waals surface area contributed by atoms with Crippen LogP contribution >= 0.6 is 11.6 Å². The maximum absolute atomic E-state index is 12.1. The third-order valence-electron chi connectivity index (χ3n) is 5.38. The van der Waals surface area contributed by atoms with Gasteiger partial charge in [0.2, 0.25) is 5.91 Å². The minimum absolute atomic E-state index is 0.199. The van der Waals surface area contributed by atoms with Gasteiger partial charge in [0.1, 0.15) is 5.75 Å². The number of hydrogen-bond donors (Lipinski definition) is 1. The lowest BCUT2D eigenvalue weighted by atomic mass is 9.63. The zero-order chi connectivity index (χ0) is 20.2. The van der Waals surface area contributed by atoms with E-state index in [4.69, 9.17) is 36.1 Å². The second kappa shape index (κ2) is 8.82. The van der Waals surface area contributed by atoms with Crippen LogP contribution in [0, 0.1) is 5.92 Å². The molecule has 0 bridgehead atoms. The van der Waals surface area contributed by atoms with Crippen molar-refractivity contribution in [1.29, 1.82) is 0 Å². The molecule has 1 aliphatic heterocycles. The minimum atomic E-state index is -0.573. The maximum Gasteiger partial charge on any atom is 0.462 e. The van der Waals surface area contributed by atoms with Gasteiger partial charge in [-0.05, 0) is 58.4 Å². The lowest BCUT2D eigenvalue weighted by Crippen LogP contribution is -2.41. The van der Waals surface area contributed by atoms with Gasteiger partial charge in [0.25, 0.3) is 0 Å². The predicted molar refractivity (Wildman–Crippen MR) is 106 cm³/mol. The molecule has 1 amide bonds. The Bertz CT molecular complexity index is 621. The van der Waals surface area contributed by atoms with Crippen molar-refractivity contribution in [2.45, 2.75) is 51.1 Å². The Kier molecular flexibility index (Phi) is 7.19. The average Bonchev–Trinajstić information content (AvgIpc) is 2.79. The van der Waals surface area contributed by atoms with Gasteiger partial charge in [-0.1, -0.05) is 11.6 Å². The molecule has 27 heavy (non-hydrogen) atoms. The summed E-state index contributed by atoms with van der Waals surface area (Å²) < 4.78 is 23.3. The summed E-state index contributed by atoms with van der Waals surface area (Å²) >= 11 is 5.89. The lowest BCUT2D eigenvalue weighted by molar-refractivity contribution is -0.123. The number of halogens is 1. The molecule has 0 spiro atoms. The molecule has 8 heteroatoms. The van der Waals surface area contributed by atoms with Crippen LogP contribution in [-0.4, -0.2) is 44.6 Å². The number of hydrogen-bond acceptors (Lipinski definition) is 5. The van der Waals surface area contributed by atoms with Gasteiger partial charge in [-0.2, -0.15) is 0 Å². The quantitative estimate of drug-likeness (QED) is 0.647. The van der Waals surface area contributed by atoms with Crippen molar-refractivity contribution in [2.24, 2.45) is 11.7 Å².